The number of carboxylic acid groups (broad SMARTS) is 1. The van der Waals surface area contributed by atoms with Crippen molar-refractivity contribution in [2.75, 3.05) is 44.8 Å². The lowest BCUT2D eigenvalue weighted by Gasteiger charge is -2.24. The van der Waals surface area contributed by atoms with E-state index in [2.05, 4.69) is 10.3 Å². The summed E-state index contributed by atoms with van der Waals surface area (Å²) in [5, 5.41) is 12.5. The van der Waals surface area contributed by atoms with Crippen molar-refractivity contribution in [2.45, 2.75) is 25.8 Å². The van der Waals surface area contributed by atoms with Crippen LogP contribution in [0.15, 0.2) is 42.6 Å². The van der Waals surface area contributed by atoms with Crippen LogP contribution in [-0.4, -0.2) is 66.3 Å². The summed E-state index contributed by atoms with van der Waals surface area (Å²) in [6.45, 7) is 3.26. The molecule has 1 aromatic carbocycles. The summed E-state index contributed by atoms with van der Waals surface area (Å²) >= 11 is 0. The number of rotatable bonds is 13. The molecule has 1 aliphatic heterocycles. The number of carbonyl (C=O) groups is 2. The number of carboxylic acids is 1. The predicted molar refractivity (Wildman–Crippen MR) is 124 cm³/mol. The number of aliphatic carboxylic acids is 1. The Kier molecular flexibility index (Phi) is 9.46. The predicted octanol–water partition coefficient (Wildman–Crippen LogP) is 1.91. The van der Waals surface area contributed by atoms with Gasteiger partial charge in [-0.2, -0.15) is 0 Å². The molecule has 0 bridgehead atoms. The third kappa shape index (κ3) is 7.73. The SMILES string of the molecule is NCCOCCN1Cc2cc(OCCCNc3ccccn3)ccc2C[C@@H](CC(=O)O)C1=O. The lowest BCUT2D eigenvalue weighted by Crippen LogP contribution is -2.37. The van der Waals surface area contributed by atoms with Crippen LogP contribution in [0.4, 0.5) is 5.82 Å². The summed E-state index contributed by atoms with van der Waals surface area (Å²) in [7, 11) is 0. The standard InChI is InChI=1S/C24H32N4O5/c25-7-12-32-13-10-28-17-20-15-21(33-11-3-9-27-22-4-1-2-8-26-22)6-5-18(20)14-19(24(28)31)16-23(29)30/h1-2,4-6,8,15,19H,3,7,9-14,16-17,25H2,(H,26,27)(H,29,30)/t19-/m0/s1. The first-order valence-corrected chi connectivity index (χ1v) is 11.2. The fourth-order valence-electron chi connectivity index (χ4n) is 3.80. The average Bonchev–Trinajstić information content (AvgIpc) is 2.93. The van der Waals surface area contributed by atoms with Crippen LogP contribution in [-0.2, 0) is 27.3 Å². The van der Waals surface area contributed by atoms with Gasteiger partial charge in [-0.25, -0.2) is 4.98 Å². The molecule has 4 N–H and O–H groups in total. The molecule has 3 rings (SSSR count). The number of pyridine rings is 1. The molecule has 2 heterocycles. The molecule has 0 fully saturated rings. The van der Waals surface area contributed by atoms with Gasteiger partial charge in [0.25, 0.3) is 0 Å². The first-order chi connectivity index (χ1) is 16.1. The molecule has 0 spiro atoms. The maximum atomic E-state index is 13.0. The van der Waals surface area contributed by atoms with Crippen molar-refractivity contribution < 1.29 is 24.2 Å². The molecule has 0 saturated carbocycles. The summed E-state index contributed by atoms with van der Waals surface area (Å²) in [4.78, 5) is 30.2. The van der Waals surface area contributed by atoms with Crippen LogP contribution < -0.4 is 15.8 Å². The zero-order valence-electron chi connectivity index (χ0n) is 18.7. The van der Waals surface area contributed by atoms with E-state index in [1.807, 2.05) is 36.4 Å². The van der Waals surface area contributed by atoms with Crippen LogP contribution in [0.1, 0.15) is 24.0 Å². The van der Waals surface area contributed by atoms with Crippen molar-refractivity contribution >= 4 is 17.7 Å². The molecule has 178 valence electrons. The number of anilines is 1. The molecule has 2 aromatic rings. The van der Waals surface area contributed by atoms with Gasteiger partial charge >= 0.3 is 5.97 Å². The number of aromatic nitrogens is 1. The van der Waals surface area contributed by atoms with E-state index < -0.39 is 11.9 Å². The number of hydrogen-bond donors (Lipinski definition) is 3. The van der Waals surface area contributed by atoms with Gasteiger partial charge in [-0.05, 0) is 48.2 Å². The highest BCUT2D eigenvalue weighted by Crippen LogP contribution is 2.28. The fraction of sp³-hybridized carbons (Fsp3) is 0.458. The second kappa shape index (κ2) is 12.8. The van der Waals surface area contributed by atoms with Gasteiger partial charge < -0.3 is 30.5 Å². The normalized spacial score (nSPS) is 15.6. The van der Waals surface area contributed by atoms with Gasteiger partial charge in [-0.1, -0.05) is 12.1 Å². The molecular weight excluding hydrogens is 424 g/mol. The highest BCUT2D eigenvalue weighted by molar-refractivity contribution is 5.84. The monoisotopic (exact) mass is 456 g/mol. The highest BCUT2D eigenvalue weighted by Gasteiger charge is 2.31. The van der Waals surface area contributed by atoms with Crippen LogP contribution in [0.3, 0.4) is 0 Å². The largest absolute Gasteiger partial charge is 0.494 e. The van der Waals surface area contributed by atoms with Gasteiger partial charge in [0.05, 0.1) is 32.2 Å². The maximum Gasteiger partial charge on any atom is 0.304 e. The van der Waals surface area contributed by atoms with Crippen molar-refractivity contribution in [2.24, 2.45) is 11.7 Å². The number of hydrogen-bond acceptors (Lipinski definition) is 7. The topological polar surface area (TPSA) is 127 Å². The van der Waals surface area contributed by atoms with Gasteiger partial charge in [0.15, 0.2) is 0 Å². The second-order valence-electron chi connectivity index (χ2n) is 7.93. The van der Waals surface area contributed by atoms with E-state index in [0.29, 0.717) is 45.9 Å². The zero-order chi connectivity index (χ0) is 23.5. The number of benzene rings is 1. The van der Waals surface area contributed by atoms with E-state index in [0.717, 1.165) is 35.7 Å². The van der Waals surface area contributed by atoms with Crippen molar-refractivity contribution in [1.29, 1.82) is 0 Å². The molecule has 0 radical (unpaired) electrons. The van der Waals surface area contributed by atoms with Crippen LogP contribution in [0.5, 0.6) is 5.75 Å². The molecule has 1 aromatic heterocycles. The third-order valence-corrected chi connectivity index (χ3v) is 5.42. The molecule has 33 heavy (non-hydrogen) atoms. The Labute approximate surface area is 193 Å². The third-order valence-electron chi connectivity index (χ3n) is 5.42. The minimum atomic E-state index is -0.976. The van der Waals surface area contributed by atoms with Gasteiger partial charge in [0.2, 0.25) is 5.91 Å². The van der Waals surface area contributed by atoms with Crippen molar-refractivity contribution in [3.05, 3.63) is 53.7 Å². The smallest absolute Gasteiger partial charge is 0.304 e. The van der Waals surface area contributed by atoms with E-state index in [-0.39, 0.29) is 12.3 Å². The zero-order valence-corrected chi connectivity index (χ0v) is 18.7. The van der Waals surface area contributed by atoms with E-state index in [4.69, 9.17) is 15.2 Å². The van der Waals surface area contributed by atoms with Crippen LogP contribution in [0.25, 0.3) is 0 Å². The first kappa shape index (κ1) is 24.5. The lowest BCUT2D eigenvalue weighted by molar-refractivity contribution is -0.145. The number of nitrogens with two attached hydrogens (primary N) is 1. The Balaban J connectivity index is 1.60. The Morgan fingerprint density at radius 3 is 2.85 bits per heavy atom. The fourth-order valence-corrected chi connectivity index (χ4v) is 3.80. The second-order valence-corrected chi connectivity index (χ2v) is 7.93. The Bertz CT molecular complexity index is 909. The summed E-state index contributed by atoms with van der Waals surface area (Å²) < 4.78 is 11.4. The Morgan fingerprint density at radius 1 is 1.21 bits per heavy atom. The van der Waals surface area contributed by atoms with Crippen LogP contribution in [0.2, 0.25) is 0 Å². The number of amides is 1. The van der Waals surface area contributed by atoms with Crippen LogP contribution in [0, 0.1) is 5.92 Å². The van der Waals surface area contributed by atoms with Crippen LogP contribution >= 0.6 is 0 Å². The van der Waals surface area contributed by atoms with Crippen molar-refractivity contribution in [1.82, 2.24) is 9.88 Å². The minimum Gasteiger partial charge on any atom is -0.494 e. The molecule has 1 amide bonds. The number of fused-ring (bicyclic) bond motifs is 1. The molecule has 9 nitrogen and oxygen atoms in total. The number of nitrogens with one attached hydrogen (secondary N) is 1. The molecule has 0 aliphatic carbocycles. The molecule has 0 unspecified atom stereocenters. The molecular formula is C24H32N4O5. The van der Waals surface area contributed by atoms with E-state index in [1.165, 1.54) is 0 Å². The summed E-state index contributed by atoms with van der Waals surface area (Å²) in [5.41, 5.74) is 7.40. The summed E-state index contributed by atoms with van der Waals surface area (Å²) in [5.74, 6) is -0.167. The molecule has 1 aliphatic rings. The minimum absolute atomic E-state index is 0.159. The van der Waals surface area contributed by atoms with Gasteiger partial charge in [-0.15, -0.1) is 0 Å². The van der Waals surface area contributed by atoms with Gasteiger partial charge in [-0.3, -0.25) is 9.59 Å². The van der Waals surface area contributed by atoms with E-state index in [1.54, 1.807) is 11.1 Å². The van der Waals surface area contributed by atoms with E-state index >= 15 is 0 Å². The molecule has 1 atom stereocenters. The Hall–Kier alpha value is -3.17. The van der Waals surface area contributed by atoms with Crippen molar-refractivity contribution in [3.8, 4) is 5.75 Å². The van der Waals surface area contributed by atoms with E-state index in [9.17, 15) is 14.7 Å². The summed E-state index contributed by atoms with van der Waals surface area (Å²) in [6.07, 6.45) is 2.75. The summed E-state index contributed by atoms with van der Waals surface area (Å²) in [6, 6.07) is 11.5. The maximum absolute atomic E-state index is 13.0. The number of ether oxygens (including phenoxy) is 2. The lowest BCUT2D eigenvalue weighted by atomic mass is 9.94. The first-order valence-electron chi connectivity index (χ1n) is 11.2. The average molecular weight is 457 g/mol. The highest BCUT2D eigenvalue weighted by atomic mass is 16.5. The molecule has 0 saturated heterocycles. The van der Waals surface area contributed by atoms with Gasteiger partial charge in [0.1, 0.15) is 11.6 Å². The molecule has 9 heteroatoms. The number of carbonyl (C=O) groups excluding carboxylic acids is 1. The number of nitrogens with zero attached hydrogens (tertiary/aromatic N) is 2. The quantitative estimate of drug-likeness (QED) is 0.390. The van der Waals surface area contributed by atoms with Crippen molar-refractivity contribution in [3.63, 3.8) is 0 Å². The Morgan fingerprint density at radius 2 is 2.09 bits per heavy atom. The van der Waals surface area contributed by atoms with Gasteiger partial charge in [0, 0.05) is 32.4 Å².